The lowest BCUT2D eigenvalue weighted by Crippen LogP contribution is -2.38. The number of fused-ring (bicyclic) bond motifs is 1. The highest BCUT2D eigenvalue weighted by atomic mass is 16.5. The van der Waals surface area contributed by atoms with Gasteiger partial charge in [-0.1, -0.05) is 23.4 Å². The minimum absolute atomic E-state index is 0.0563. The number of piperidine rings is 1. The summed E-state index contributed by atoms with van der Waals surface area (Å²) in [4.78, 5) is 31.8. The molecule has 2 fully saturated rings. The van der Waals surface area contributed by atoms with Gasteiger partial charge in [-0.25, -0.2) is 4.98 Å². The second-order valence-electron chi connectivity index (χ2n) is 8.13. The molecular weight excluding hydrogens is 380 g/mol. The lowest BCUT2D eigenvalue weighted by atomic mass is 9.90. The zero-order valence-electron chi connectivity index (χ0n) is 16.9. The first-order valence-corrected chi connectivity index (χ1v) is 10.5. The average Bonchev–Trinajstić information content (AvgIpc) is 3.57. The van der Waals surface area contributed by atoms with E-state index in [1.54, 1.807) is 7.05 Å². The number of carbonyl (C=O) groups excluding carboxylic acids is 2. The van der Waals surface area contributed by atoms with E-state index in [1.807, 2.05) is 41.3 Å². The van der Waals surface area contributed by atoms with Crippen LogP contribution in [0.1, 0.15) is 69.6 Å². The van der Waals surface area contributed by atoms with E-state index in [4.69, 9.17) is 4.52 Å². The highest BCUT2D eigenvalue weighted by Crippen LogP contribution is 2.41. The van der Waals surface area contributed by atoms with E-state index in [-0.39, 0.29) is 17.7 Å². The molecule has 5 rings (SSSR count). The van der Waals surface area contributed by atoms with Gasteiger partial charge < -0.3 is 14.7 Å². The smallest absolute Gasteiger partial charge is 0.259 e. The van der Waals surface area contributed by atoms with E-state index in [0.717, 1.165) is 37.1 Å². The lowest BCUT2D eigenvalue weighted by molar-refractivity contribution is 0.0711. The van der Waals surface area contributed by atoms with Crippen molar-refractivity contribution in [1.82, 2.24) is 20.4 Å². The zero-order valence-corrected chi connectivity index (χ0v) is 16.9. The van der Waals surface area contributed by atoms with Crippen LogP contribution in [0.3, 0.4) is 0 Å². The second-order valence-corrected chi connectivity index (χ2v) is 8.13. The first-order valence-electron chi connectivity index (χ1n) is 10.5. The Hall–Kier alpha value is -3.22. The summed E-state index contributed by atoms with van der Waals surface area (Å²) in [5, 5.41) is 7.77. The van der Waals surface area contributed by atoms with Crippen molar-refractivity contribution in [2.75, 3.05) is 20.1 Å². The fraction of sp³-hybridized carbons (Fsp3) is 0.391. The third-order valence-electron chi connectivity index (χ3n) is 6.15. The Balaban J connectivity index is 1.41. The van der Waals surface area contributed by atoms with Crippen LogP contribution in [0, 0.1) is 0 Å². The second kappa shape index (κ2) is 7.55. The van der Waals surface area contributed by atoms with Crippen LogP contribution in [-0.2, 0) is 0 Å². The number of benzene rings is 1. The van der Waals surface area contributed by atoms with E-state index < -0.39 is 0 Å². The summed E-state index contributed by atoms with van der Waals surface area (Å²) in [5.41, 5.74) is 3.43. The van der Waals surface area contributed by atoms with Gasteiger partial charge in [0, 0.05) is 43.2 Å². The van der Waals surface area contributed by atoms with Crippen LogP contribution in [0.4, 0.5) is 0 Å². The van der Waals surface area contributed by atoms with Gasteiger partial charge in [-0.05, 0) is 43.9 Å². The topological polar surface area (TPSA) is 88.3 Å². The van der Waals surface area contributed by atoms with Crippen molar-refractivity contribution in [3.05, 3.63) is 58.9 Å². The summed E-state index contributed by atoms with van der Waals surface area (Å²) >= 11 is 0. The number of aromatic nitrogens is 2. The van der Waals surface area contributed by atoms with Crippen LogP contribution in [0.2, 0.25) is 0 Å². The van der Waals surface area contributed by atoms with Gasteiger partial charge in [-0.3, -0.25) is 9.59 Å². The molecule has 1 aliphatic carbocycles. The van der Waals surface area contributed by atoms with E-state index in [2.05, 4.69) is 15.5 Å². The van der Waals surface area contributed by atoms with Crippen molar-refractivity contribution >= 4 is 22.9 Å². The van der Waals surface area contributed by atoms with Crippen molar-refractivity contribution in [1.29, 1.82) is 0 Å². The highest BCUT2D eigenvalue weighted by molar-refractivity contribution is 6.06. The molecule has 1 saturated heterocycles. The average molecular weight is 404 g/mol. The molecule has 2 aliphatic rings. The number of amides is 2. The van der Waals surface area contributed by atoms with Gasteiger partial charge in [0.15, 0.2) is 0 Å². The fourth-order valence-electron chi connectivity index (χ4n) is 4.29. The summed E-state index contributed by atoms with van der Waals surface area (Å²) in [7, 11) is 1.63. The summed E-state index contributed by atoms with van der Waals surface area (Å²) in [6, 6.07) is 11.3. The molecule has 2 aromatic heterocycles. The maximum absolute atomic E-state index is 12.7. The first-order chi connectivity index (χ1) is 14.7. The number of nitrogens with one attached hydrogen (secondary N) is 1. The van der Waals surface area contributed by atoms with E-state index >= 15 is 0 Å². The number of rotatable bonds is 4. The van der Waals surface area contributed by atoms with Crippen LogP contribution in [-0.4, -0.2) is 47.0 Å². The molecular formula is C23H24N4O3. The minimum atomic E-state index is -0.148. The van der Waals surface area contributed by atoms with Crippen LogP contribution in [0.5, 0.6) is 0 Å². The molecule has 0 atom stereocenters. The number of likely N-dealkylation sites (tertiary alicyclic amines) is 1. The summed E-state index contributed by atoms with van der Waals surface area (Å²) < 4.78 is 5.58. The molecule has 1 saturated carbocycles. The van der Waals surface area contributed by atoms with Gasteiger partial charge in [0.1, 0.15) is 0 Å². The van der Waals surface area contributed by atoms with Gasteiger partial charge in [0.05, 0.1) is 16.6 Å². The van der Waals surface area contributed by atoms with Gasteiger partial charge in [0.25, 0.3) is 17.5 Å². The molecule has 0 bridgehead atoms. The van der Waals surface area contributed by atoms with Crippen LogP contribution < -0.4 is 5.32 Å². The SMILES string of the molecule is CNC(=O)c1cc(C2CC2)nc2onc(C3CCN(C(=O)c4ccccc4)CC3)c12. The maximum Gasteiger partial charge on any atom is 0.259 e. The van der Waals surface area contributed by atoms with Crippen molar-refractivity contribution in [2.45, 2.75) is 37.5 Å². The number of pyridine rings is 1. The number of nitrogens with zero attached hydrogens (tertiary/aromatic N) is 3. The summed E-state index contributed by atoms with van der Waals surface area (Å²) in [6.45, 7) is 1.30. The Morgan fingerprint density at radius 1 is 1.07 bits per heavy atom. The summed E-state index contributed by atoms with van der Waals surface area (Å²) in [6.07, 6.45) is 3.75. The largest absolute Gasteiger partial charge is 0.355 e. The minimum Gasteiger partial charge on any atom is -0.355 e. The van der Waals surface area contributed by atoms with Gasteiger partial charge >= 0.3 is 0 Å². The Kier molecular flexibility index (Phi) is 4.73. The predicted molar refractivity (Wildman–Crippen MR) is 111 cm³/mol. The first kappa shape index (κ1) is 18.8. The molecule has 7 nitrogen and oxygen atoms in total. The molecule has 3 aromatic rings. The monoisotopic (exact) mass is 404 g/mol. The number of carbonyl (C=O) groups is 2. The summed E-state index contributed by atoms with van der Waals surface area (Å²) in [5.74, 6) is 0.452. The molecule has 3 heterocycles. The fourth-order valence-corrected chi connectivity index (χ4v) is 4.29. The molecule has 0 radical (unpaired) electrons. The van der Waals surface area contributed by atoms with Crippen molar-refractivity contribution < 1.29 is 14.1 Å². The maximum atomic E-state index is 12.7. The van der Waals surface area contributed by atoms with Crippen molar-refractivity contribution in [3.63, 3.8) is 0 Å². The molecule has 1 aromatic carbocycles. The number of hydrogen-bond acceptors (Lipinski definition) is 5. The standard InChI is InChI=1S/C23H24N4O3/c1-24-21(28)17-13-18(14-7-8-14)25-22-19(17)20(26-30-22)15-9-11-27(12-10-15)23(29)16-5-3-2-4-6-16/h2-6,13-15H,7-12H2,1H3,(H,24,28). The van der Waals surface area contributed by atoms with Gasteiger partial charge in [0.2, 0.25) is 0 Å². The third kappa shape index (κ3) is 3.34. The van der Waals surface area contributed by atoms with E-state index in [0.29, 0.717) is 41.2 Å². The molecule has 1 aliphatic heterocycles. The molecule has 2 amide bonds. The number of hydrogen-bond donors (Lipinski definition) is 1. The zero-order chi connectivity index (χ0) is 20.7. The van der Waals surface area contributed by atoms with Gasteiger partial charge in [-0.2, -0.15) is 0 Å². The van der Waals surface area contributed by atoms with Crippen molar-refractivity contribution in [2.24, 2.45) is 0 Å². The normalized spacial score (nSPS) is 17.3. The van der Waals surface area contributed by atoms with Crippen LogP contribution >= 0.6 is 0 Å². The molecule has 30 heavy (non-hydrogen) atoms. The Labute approximate surface area is 174 Å². The molecule has 154 valence electrons. The predicted octanol–water partition coefficient (Wildman–Crippen LogP) is 3.48. The third-order valence-corrected chi connectivity index (χ3v) is 6.15. The quantitative estimate of drug-likeness (QED) is 0.719. The Morgan fingerprint density at radius 3 is 2.47 bits per heavy atom. The molecule has 1 N–H and O–H groups in total. The van der Waals surface area contributed by atoms with Crippen molar-refractivity contribution in [3.8, 4) is 0 Å². The molecule has 7 heteroatoms. The lowest BCUT2D eigenvalue weighted by Gasteiger charge is -2.31. The molecule has 0 spiro atoms. The Morgan fingerprint density at radius 2 is 1.80 bits per heavy atom. The van der Waals surface area contributed by atoms with E-state index in [1.165, 1.54) is 0 Å². The van der Waals surface area contributed by atoms with Crippen LogP contribution in [0.25, 0.3) is 11.1 Å². The van der Waals surface area contributed by atoms with Gasteiger partial charge in [-0.15, -0.1) is 0 Å². The highest BCUT2D eigenvalue weighted by Gasteiger charge is 2.32. The molecule has 0 unspecified atom stereocenters. The van der Waals surface area contributed by atoms with Crippen LogP contribution in [0.15, 0.2) is 40.9 Å². The Bertz CT molecular complexity index is 1100. The van der Waals surface area contributed by atoms with E-state index in [9.17, 15) is 9.59 Å².